The maximum atomic E-state index is 12.9. The number of hydrogen-bond donors (Lipinski definition) is 1. The summed E-state index contributed by atoms with van der Waals surface area (Å²) in [6.45, 7) is 1.76. The normalized spacial score (nSPS) is 9.69. The molecule has 1 nitrogen and oxygen atoms in total. The van der Waals surface area contributed by atoms with Crippen LogP contribution >= 0.6 is 0 Å². The molecule has 0 radical (unpaired) electrons. The summed E-state index contributed by atoms with van der Waals surface area (Å²) in [5.74, 6) is 5.47. The third-order valence-electron chi connectivity index (χ3n) is 1.90. The van der Waals surface area contributed by atoms with Gasteiger partial charge in [-0.2, -0.15) is 0 Å². The van der Waals surface area contributed by atoms with E-state index in [-0.39, 0.29) is 5.82 Å². The number of aromatic nitrogens is 1. The van der Waals surface area contributed by atoms with Crippen LogP contribution in [0.2, 0.25) is 0 Å². The summed E-state index contributed by atoms with van der Waals surface area (Å²) in [4.78, 5) is 3.03. The molecule has 1 aromatic heterocycles. The van der Waals surface area contributed by atoms with Crippen molar-refractivity contribution in [3.63, 3.8) is 0 Å². The highest BCUT2D eigenvalue weighted by atomic mass is 19.1. The van der Waals surface area contributed by atoms with Crippen molar-refractivity contribution in [1.82, 2.24) is 4.98 Å². The second-order valence-corrected chi connectivity index (χ2v) is 2.77. The molecule has 0 fully saturated rings. The van der Waals surface area contributed by atoms with Crippen LogP contribution in [0.15, 0.2) is 24.4 Å². The van der Waals surface area contributed by atoms with Gasteiger partial charge in [-0.3, -0.25) is 0 Å². The van der Waals surface area contributed by atoms with Gasteiger partial charge in [0.15, 0.2) is 0 Å². The summed E-state index contributed by atoms with van der Waals surface area (Å²) in [6.07, 6.45) is 1.79. The fourth-order valence-corrected chi connectivity index (χ4v) is 1.33. The van der Waals surface area contributed by atoms with Gasteiger partial charge in [0.05, 0.1) is 0 Å². The van der Waals surface area contributed by atoms with Gasteiger partial charge in [-0.05, 0) is 25.1 Å². The van der Waals surface area contributed by atoms with Crippen LogP contribution in [0.4, 0.5) is 4.39 Å². The van der Waals surface area contributed by atoms with E-state index in [1.807, 2.05) is 0 Å². The molecule has 0 saturated carbocycles. The molecule has 2 heteroatoms. The van der Waals surface area contributed by atoms with Gasteiger partial charge >= 0.3 is 0 Å². The molecule has 0 aliphatic carbocycles. The van der Waals surface area contributed by atoms with Crippen molar-refractivity contribution in [3.8, 4) is 11.8 Å². The number of halogens is 1. The van der Waals surface area contributed by atoms with Crippen LogP contribution in [0, 0.1) is 17.7 Å². The third kappa shape index (κ3) is 1.29. The van der Waals surface area contributed by atoms with Gasteiger partial charge in [-0.1, -0.05) is 5.92 Å². The Morgan fingerprint density at radius 2 is 2.23 bits per heavy atom. The summed E-state index contributed by atoms with van der Waals surface area (Å²) in [5, 5.41) is 0.842. The van der Waals surface area contributed by atoms with Crippen molar-refractivity contribution in [2.45, 2.75) is 6.92 Å². The lowest BCUT2D eigenvalue weighted by molar-refractivity contribution is 0.629. The number of benzene rings is 1. The molecular formula is C11H8FN. The lowest BCUT2D eigenvalue weighted by atomic mass is 10.2. The summed E-state index contributed by atoms with van der Waals surface area (Å²) in [5.41, 5.74) is 1.76. The summed E-state index contributed by atoms with van der Waals surface area (Å²) >= 11 is 0. The van der Waals surface area contributed by atoms with Crippen LogP contribution in [0.5, 0.6) is 0 Å². The van der Waals surface area contributed by atoms with E-state index in [0.29, 0.717) is 0 Å². The van der Waals surface area contributed by atoms with E-state index in [0.717, 1.165) is 16.5 Å². The first kappa shape index (κ1) is 7.88. The quantitative estimate of drug-likeness (QED) is 0.589. The maximum absolute atomic E-state index is 12.9. The van der Waals surface area contributed by atoms with Crippen molar-refractivity contribution >= 4 is 10.9 Å². The molecule has 1 heterocycles. The number of aromatic amines is 1. The van der Waals surface area contributed by atoms with Crippen molar-refractivity contribution in [2.24, 2.45) is 0 Å². The molecule has 0 saturated heterocycles. The molecule has 1 N–H and O–H groups in total. The van der Waals surface area contributed by atoms with Gasteiger partial charge in [-0.25, -0.2) is 4.39 Å². The van der Waals surface area contributed by atoms with Gasteiger partial charge in [-0.15, -0.1) is 5.92 Å². The largest absolute Gasteiger partial charge is 0.360 e. The summed E-state index contributed by atoms with van der Waals surface area (Å²) in [7, 11) is 0. The molecule has 0 atom stereocenters. The zero-order valence-corrected chi connectivity index (χ0v) is 7.19. The van der Waals surface area contributed by atoms with E-state index in [9.17, 15) is 4.39 Å². The van der Waals surface area contributed by atoms with Crippen LogP contribution in [0.25, 0.3) is 10.9 Å². The first-order valence-electron chi connectivity index (χ1n) is 4.00. The monoisotopic (exact) mass is 173 g/mol. The Morgan fingerprint density at radius 3 is 3.00 bits per heavy atom. The summed E-state index contributed by atoms with van der Waals surface area (Å²) < 4.78 is 12.9. The van der Waals surface area contributed by atoms with Crippen molar-refractivity contribution in [3.05, 3.63) is 35.8 Å². The fourth-order valence-electron chi connectivity index (χ4n) is 1.33. The average molecular weight is 173 g/mol. The van der Waals surface area contributed by atoms with E-state index < -0.39 is 0 Å². The first-order chi connectivity index (χ1) is 6.31. The minimum absolute atomic E-state index is 0.230. The predicted molar refractivity (Wildman–Crippen MR) is 50.8 cm³/mol. The molecular weight excluding hydrogens is 165 g/mol. The van der Waals surface area contributed by atoms with Crippen LogP contribution < -0.4 is 0 Å². The van der Waals surface area contributed by atoms with Gasteiger partial charge in [0.1, 0.15) is 5.82 Å². The Bertz CT molecular complexity index is 500. The highest BCUT2D eigenvalue weighted by Gasteiger charge is 2.01. The molecule has 64 valence electrons. The van der Waals surface area contributed by atoms with Crippen LogP contribution in [0.3, 0.4) is 0 Å². The topological polar surface area (TPSA) is 15.8 Å². The third-order valence-corrected chi connectivity index (χ3v) is 1.90. The molecule has 0 amide bonds. The molecule has 0 bridgehead atoms. The van der Waals surface area contributed by atoms with Gasteiger partial charge in [0.2, 0.25) is 0 Å². The van der Waals surface area contributed by atoms with Gasteiger partial charge in [0, 0.05) is 22.7 Å². The standard InChI is InChI=1S/C11H8FN/c1-2-3-8-7-13-11-5-4-9(12)6-10(8)11/h4-7,13H,1H3. The van der Waals surface area contributed by atoms with Crippen LogP contribution in [-0.4, -0.2) is 4.98 Å². The van der Waals surface area contributed by atoms with E-state index in [1.54, 1.807) is 19.2 Å². The van der Waals surface area contributed by atoms with Gasteiger partial charge in [0.25, 0.3) is 0 Å². The summed E-state index contributed by atoms with van der Waals surface area (Å²) in [6, 6.07) is 4.64. The Kier molecular flexibility index (Phi) is 1.79. The predicted octanol–water partition coefficient (Wildman–Crippen LogP) is 2.68. The average Bonchev–Trinajstić information content (AvgIpc) is 2.49. The number of H-pyrrole nitrogens is 1. The zero-order chi connectivity index (χ0) is 9.26. The minimum atomic E-state index is -0.230. The lowest BCUT2D eigenvalue weighted by Gasteiger charge is -1.90. The Hall–Kier alpha value is -1.75. The minimum Gasteiger partial charge on any atom is -0.360 e. The van der Waals surface area contributed by atoms with Crippen LogP contribution in [-0.2, 0) is 0 Å². The second kappa shape index (κ2) is 2.95. The molecule has 1 aromatic carbocycles. The van der Waals surface area contributed by atoms with E-state index in [2.05, 4.69) is 16.8 Å². The molecule has 2 aromatic rings. The number of nitrogens with one attached hydrogen (secondary N) is 1. The Morgan fingerprint density at radius 1 is 1.38 bits per heavy atom. The smallest absolute Gasteiger partial charge is 0.124 e. The lowest BCUT2D eigenvalue weighted by Crippen LogP contribution is -1.74. The highest BCUT2D eigenvalue weighted by Crippen LogP contribution is 2.18. The Labute approximate surface area is 75.6 Å². The van der Waals surface area contributed by atoms with E-state index in [4.69, 9.17) is 0 Å². The van der Waals surface area contributed by atoms with Crippen molar-refractivity contribution < 1.29 is 4.39 Å². The van der Waals surface area contributed by atoms with E-state index in [1.165, 1.54) is 12.1 Å². The molecule has 0 unspecified atom stereocenters. The van der Waals surface area contributed by atoms with Gasteiger partial charge < -0.3 is 4.98 Å². The number of hydrogen-bond acceptors (Lipinski definition) is 0. The number of fused-ring (bicyclic) bond motifs is 1. The van der Waals surface area contributed by atoms with Crippen molar-refractivity contribution in [1.29, 1.82) is 0 Å². The Balaban J connectivity index is 2.76. The zero-order valence-electron chi connectivity index (χ0n) is 7.19. The molecule has 0 spiro atoms. The highest BCUT2D eigenvalue weighted by molar-refractivity contribution is 5.85. The van der Waals surface area contributed by atoms with Crippen molar-refractivity contribution in [2.75, 3.05) is 0 Å². The molecule has 0 aliphatic rings. The number of rotatable bonds is 0. The molecule has 0 aliphatic heterocycles. The van der Waals surface area contributed by atoms with E-state index >= 15 is 0 Å². The fraction of sp³-hybridized carbons (Fsp3) is 0.0909. The second-order valence-electron chi connectivity index (χ2n) is 2.77. The molecule has 2 rings (SSSR count). The SMILES string of the molecule is CC#Cc1c[nH]c2ccc(F)cc12. The van der Waals surface area contributed by atoms with Crippen LogP contribution in [0.1, 0.15) is 12.5 Å². The molecule has 13 heavy (non-hydrogen) atoms. The maximum Gasteiger partial charge on any atom is 0.124 e. The first-order valence-corrected chi connectivity index (χ1v) is 4.00.